The van der Waals surface area contributed by atoms with Crippen LogP contribution in [0, 0.1) is 29.6 Å². The number of ether oxygens (including phenoxy) is 1. The molecule has 0 heterocycles. The number of ketones is 2. The predicted octanol–water partition coefficient (Wildman–Crippen LogP) is 3.40. The van der Waals surface area contributed by atoms with E-state index in [4.69, 9.17) is 4.74 Å². The van der Waals surface area contributed by atoms with E-state index in [2.05, 4.69) is 6.92 Å². The first kappa shape index (κ1) is 15.2. The predicted molar refractivity (Wildman–Crippen MR) is 80.9 cm³/mol. The summed E-state index contributed by atoms with van der Waals surface area (Å²) in [5.41, 5.74) is 0. The van der Waals surface area contributed by atoms with Gasteiger partial charge in [-0.05, 0) is 44.4 Å². The van der Waals surface area contributed by atoms with E-state index in [0.717, 1.165) is 64.6 Å². The molecular formula is C18H28O3. The van der Waals surface area contributed by atoms with Crippen molar-refractivity contribution in [3.05, 3.63) is 0 Å². The lowest BCUT2D eigenvalue weighted by Gasteiger charge is -2.45. The molecule has 0 N–H and O–H groups in total. The maximum Gasteiger partial charge on any atom is 0.140 e. The Morgan fingerprint density at radius 1 is 0.905 bits per heavy atom. The summed E-state index contributed by atoms with van der Waals surface area (Å²) in [6.07, 6.45) is 8.07. The summed E-state index contributed by atoms with van der Waals surface area (Å²) in [4.78, 5) is 25.5. The Labute approximate surface area is 127 Å². The molecule has 3 aliphatic carbocycles. The fraction of sp³-hybridized carbons (Fsp3) is 0.889. The molecule has 21 heavy (non-hydrogen) atoms. The molecule has 0 saturated heterocycles. The molecule has 3 rings (SSSR count). The number of carbonyl (C=O) groups is 2. The quantitative estimate of drug-likeness (QED) is 0.746. The molecule has 3 aliphatic rings. The zero-order valence-electron chi connectivity index (χ0n) is 13.2. The van der Waals surface area contributed by atoms with Crippen LogP contribution in [0.2, 0.25) is 0 Å². The van der Waals surface area contributed by atoms with Gasteiger partial charge in [-0.25, -0.2) is 0 Å². The van der Waals surface area contributed by atoms with E-state index in [-0.39, 0.29) is 23.7 Å². The lowest BCUT2D eigenvalue weighted by molar-refractivity contribution is -0.152. The molecule has 0 aromatic heterocycles. The fourth-order valence-electron chi connectivity index (χ4n) is 4.82. The van der Waals surface area contributed by atoms with Gasteiger partial charge in [0.2, 0.25) is 0 Å². The molecule has 0 aromatic carbocycles. The highest BCUT2D eigenvalue weighted by molar-refractivity contribution is 5.99. The van der Waals surface area contributed by atoms with E-state index in [1.54, 1.807) is 0 Å². The van der Waals surface area contributed by atoms with Crippen LogP contribution in [0.3, 0.4) is 0 Å². The average Bonchev–Trinajstić information content (AvgIpc) is 2.53. The van der Waals surface area contributed by atoms with Crippen molar-refractivity contribution in [3.8, 4) is 0 Å². The van der Waals surface area contributed by atoms with Crippen LogP contribution in [0.4, 0.5) is 0 Å². The number of Topliss-reactive ketones (excluding diaryl/α,β-unsaturated/α-hetero) is 2. The number of hydrogen-bond donors (Lipinski definition) is 0. The first-order valence-electron chi connectivity index (χ1n) is 8.87. The van der Waals surface area contributed by atoms with Crippen LogP contribution in [0.15, 0.2) is 0 Å². The van der Waals surface area contributed by atoms with E-state index in [0.29, 0.717) is 17.5 Å². The van der Waals surface area contributed by atoms with Crippen LogP contribution >= 0.6 is 0 Å². The lowest BCUT2D eigenvalue weighted by Crippen LogP contribution is -2.51. The molecule has 5 atom stereocenters. The number of carbonyl (C=O) groups excluding carboxylic acids is 2. The maximum atomic E-state index is 12.8. The molecule has 0 aromatic rings. The normalized spacial score (nSPS) is 39.8. The Bertz CT molecular complexity index is 403. The van der Waals surface area contributed by atoms with Gasteiger partial charge in [0.25, 0.3) is 0 Å². The molecule has 3 fully saturated rings. The smallest absolute Gasteiger partial charge is 0.140 e. The second-order valence-corrected chi connectivity index (χ2v) is 7.27. The molecule has 0 amide bonds. The minimum Gasteiger partial charge on any atom is -0.381 e. The summed E-state index contributed by atoms with van der Waals surface area (Å²) >= 11 is 0. The molecule has 118 valence electrons. The van der Waals surface area contributed by atoms with Gasteiger partial charge in [0.15, 0.2) is 0 Å². The highest BCUT2D eigenvalue weighted by Gasteiger charge is 2.51. The van der Waals surface area contributed by atoms with Gasteiger partial charge in [-0.2, -0.15) is 0 Å². The van der Waals surface area contributed by atoms with Crippen LogP contribution in [0.1, 0.15) is 58.3 Å². The van der Waals surface area contributed by atoms with Crippen molar-refractivity contribution in [1.29, 1.82) is 0 Å². The van der Waals surface area contributed by atoms with Crippen LogP contribution < -0.4 is 0 Å². The van der Waals surface area contributed by atoms with E-state index in [1.807, 2.05) is 0 Å². The largest absolute Gasteiger partial charge is 0.381 e. The maximum absolute atomic E-state index is 12.8. The van der Waals surface area contributed by atoms with Gasteiger partial charge in [-0.1, -0.05) is 19.8 Å². The van der Waals surface area contributed by atoms with Crippen molar-refractivity contribution >= 4 is 11.6 Å². The summed E-state index contributed by atoms with van der Waals surface area (Å²) in [6.45, 7) is 3.69. The Kier molecular flexibility index (Phi) is 4.78. The van der Waals surface area contributed by atoms with Crippen molar-refractivity contribution in [3.63, 3.8) is 0 Å². The second kappa shape index (κ2) is 6.60. The lowest BCUT2D eigenvalue weighted by atomic mass is 9.57. The Hall–Kier alpha value is -0.700. The first-order valence-corrected chi connectivity index (χ1v) is 8.87. The highest BCUT2D eigenvalue weighted by Crippen LogP contribution is 2.47. The zero-order valence-corrected chi connectivity index (χ0v) is 13.2. The third-order valence-electron chi connectivity index (χ3n) is 5.89. The van der Waals surface area contributed by atoms with E-state index in [1.165, 1.54) is 0 Å². The molecule has 5 unspecified atom stereocenters. The summed E-state index contributed by atoms with van der Waals surface area (Å²) in [5, 5.41) is 0. The van der Waals surface area contributed by atoms with Crippen LogP contribution in [0.25, 0.3) is 0 Å². The number of hydrogen-bond acceptors (Lipinski definition) is 3. The molecular weight excluding hydrogens is 264 g/mol. The minimum atomic E-state index is 0.0147. The minimum absolute atomic E-state index is 0.0147. The molecule has 3 saturated carbocycles. The number of rotatable bonds is 4. The van der Waals surface area contributed by atoms with E-state index < -0.39 is 0 Å². The van der Waals surface area contributed by atoms with Crippen molar-refractivity contribution in [2.45, 2.75) is 58.3 Å². The fourth-order valence-corrected chi connectivity index (χ4v) is 4.82. The van der Waals surface area contributed by atoms with Crippen LogP contribution in [0.5, 0.6) is 0 Å². The molecule has 3 heteroatoms. The standard InChI is InChI=1S/C18H28O3/c1-2-9-21-11-12-7-8-15-16(10-12)18(20)14-6-4-3-5-13(14)17(15)19/h12-16H,2-11H2,1H3. The van der Waals surface area contributed by atoms with E-state index >= 15 is 0 Å². The third-order valence-corrected chi connectivity index (χ3v) is 5.89. The Balaban J connectivity index is 1.66. The molecule has 0 bridgehead atoms. The van der Waals surface area contributed by atoms with Gasteiger partial charge in [0, 0.05) is 36.9 Å². The van der Waals surface area contributed by atoms with Crippen molar-refractivity contribution in [2.75, 3.05) is 13.2 Å². The second-order valence-electron chi connectivity index (χ2n) is 7.27. The molecule has 3 nitrogen and oxygen atoms in total. The van der Waals surface area contributed by atoms with Crippen molar-refractivity contribution in [1.82, 2.24) is 0 Å². The van der Waals surface area contributed by atoms with Gasteiger partial charge >= 0.3 is 0 Å². The summed E-state index contributed by atoms with van der Waals surface area (Å²) < 4.78 is 5.67. The van der Waals surface area contributed by atoms with Crippen LogP contribution in [-0.2, 0) is 14.3 Å². The summed E-state index contributed by atoms with van der Waals surface area (Å²) in [5.74, 6) is 1.51. The topological polar surface area (TPSA) is 43.4 Å². The van der Waals surface area contributed by atoms with Gasteiger partial charge in [0.1, 0.15) is 11.6 Å². The first-order chi connectivity index (χ1) is 10.2. The van der Waals surface area contributed by atoms with Gasteiger partial charge < -0.3 is 4.74 Å². The monoisotopic (exact) mass is 292 g/mol. The van der Waals surface area contributed by atoms with Crippen molar-refractivity contribution < 1.29 is 14.3 Å². The zero-order chi connectivity index (χ0) is 14.8. The molecule has 0 radical (unpaired) electrons. The molecule has 0 spiro atoms. The van der Waals surface area contributed by atoms with Gasteiger partial charge in [0.05, 0.1) is 0 Å². The molecule has 0 aliphatic heterocycles. The van der Waals surface area contributed by atoms with E-state index in [9.17, 15) is 9.59 Å². The Morgan fingerprint density at radius 3 is 2.19 bits per heavy atom. The third kappa shape index (κ3) is 2.94. The summed E-state index contributed by atoms with van der Waals surface area (Å²) in [7, 11) is 0. The van der Waals surface area contributed by atoms with Crippen LogP contribution in [-0.4, -0.2) is 24.8 Å². The highest BCUT2D eigenvalue weighted by atomic mass is 16.5. The number of fused-ring (bicyclic) bond motifs is 2. The SMILES string of the molecule is CCCOCC1CCC2C(=O)C3CCCCC3C(=O)C2C1. The average molecular weight is 292 g/mol. The van der Waals surface area contributed by atoms with Gasteiger partial charge in [-0.15, -0.1) is 0 Å². The van der Waals surface area contributed by atoms with Gasteiger partial charge in [-0.3, -0.25) is 9.59 Å². The van der Waals surface area contributed by atoms with Crippen molar-refractivity contribution in [2.24, 2.45) is 29.6 Å². The Morgan fingerprint density at radius 2 is 1.52 bits per heavy atom. The summed E-state index contributed by atoms with van der Waals surface area (Å²) in [6, 6.07) is 0.